The molecule has 0 aliphatic rings. The number of aromatic nitrogens is 2. The summed E-state index contributed by atoms with van der Waals surface area (Å²) in [7, 11) is 0. The lowest BCUT2D eigenvalue weighted by atomic mass is 10.2. The maximum Gasteiger partial charge on any atom is 0.330 e. The Labute approximate surface area is 99.0 Å². The van der Waals surface area contributed by atoms with Crippen molar-refractivity contribution in [3.63, 3.8) is 0 Å². The van der Waals surface area contributed by atoms with E-state index in [4.69, 9.17) is 4.74 Å². The molecular weight excluding hydrogens is 216 g/mol. The second-order valence-corrected chi connectivity index (χ2v) is 3.39. The van der Waals surface area contributed by atoms with Gasteiger partial charge in [-0.25, -0.2) is 4.79 Å². The highest BCUT2D eigenvalue weighted by Crippen LogP contribution is 2.15. The van der Waals surface area contributed by atoms with Gasteiger partial charge in [-0.3, -0.25) is 9.97 Å². The normalized spacial score (nSPS) is 10.9. The van der Waals surface area contributed by atoms with E-state index in [0.717, 1.165) is 16.5 Å². The Kier molecular flexibility index (Phi) is 3.45. The highest BCUT2D eigenvalue weighted by molar-refractivity contribution is 5.92. The fourth-order valence-electron chi connectivity index (χ4n) is 1.49. The van der Waals surface area contributed by atoms with Crippen LogP contribution in [0.4, 0.5) is 0 Å². The molecule has 0 saturated carbocycles. The van der Waals surface area contributed by atoms with Crippen LogP contribution < -0.4 is 0 Å². The summed E-state index contributed by atoms with van der Waals surface area (Å²) in [6.07, 6.45) is 8.17. The Morgan fingerprint density at radius 3 is 3.18 bits per heavy atom. The molecule has 0 N–H and O–H groups in total. The van der Waals surface area contributed by atoms with Crippen LogP contribution >= 0.6 is 0 Å². The van der Waals surface area contributed by atoms with Gasteiger partial charge < -0.3 is 4.74 Å². The summed E-state index contributed by atoms with van der Waals surface area (Å²) in [5, 5.41) is 0.943. The van der Waals surface area contributed by atoms with Gasteiger partial charge in [0.1, 0.15) is 0 Å². The molecule has 0 aromatic carbocycles. The number of carbonyl (C=O) groups excluding carboxylic acids is 1. The van der Waals surface area contributed by atoms with Gasteiger partial charge in [0, 0.05) is 35.6 Å². The zero-order chi connectivity index (χ0) is 12.1. The summed E-state index contributed by atoms with van der Waals surface area (Å²) in [5.41, 5.74) is 1.62. The number of carbonyl (C=O) groups is 1. The highest BCUT2D eigenvalue weighted by Gasteiger charge is 2.00. The van der Waals surface area contributed by atoms with Crippen molar-refractivity contribution in [1.29, 1.82) is 0 Å². The quantitative estimate of drug-likeness (QED) is 0.597. The standard InChI is InChI=1S/C13H12N2O2/c1-2-17-12(16)6-5-11-9-14-8-10-4-3-7-15-13(10)11/h3-9H,2H2,1H3/b6-5+. The third-order valence-electron chi connectivity index (χ3n) is 2.23. The molecule has 4 nitrogen and oxygen atoms in total. The lowest BCUT2D eigenvalue weighted by molar-refractivity contribution is -0.137. The number of esters is 1. The fraction of sp³-hybridized carbons (Fsp3) is 0.154. The molecule has 4 heteroatoms. The minimum Gasteiger partial charge on any atom is -0.463 e. The maximum absolute atomic E-state index is 11.2. The van der Waals surface area contributed by atoms with Crippen molar-refractivity contribution < 1.29 is 9.53 Å². The fourth-order valence-corrected chi connectivity index (χ4v) is 1.49. The Balaban J connectivity index is 2.33. The molecule has 0 radical (unpaired) electrons. The van der Waals surface area contributed by atoms with Crippen molar-refractivity contribution >= 4 is 22.9 Å². The van der Waals surface area contributed by atoms with Crippen molar-refractivity contribution in [2.24, 2.45) is 0 Å². The van der Waals surface area contributed by atoms with Crippen LogP contribution in [0.1, 0.15) is 12.5 Å². The summed E-state index contributed by atoms with van der Waals surface area (Å²) in [6, 6.07) is 3.78. The molecule has 0 fully saturated rings. The van der Waals surface area contributed by atoms with Crippen molar-refractivity contribution in [3.8, 4) is 0 Å². The van der Waals surface area contributed by atoms with Gasteiger partial charge >= 0.3 is 5.97 Å². The van der Waals surface area contributed by atoms with Crippen molar-refractivity contribution in [2.75, 3.05) is 6.61 Å². The van der Waals surface area contributed by atoms with E-state index in [1.807, 2.05) is 12.1 Å². The third kappa shape index (κ3) is 2.66. The maximum atomic E-state index is 11.2. The molecule has 2 aromatic rings. The van der Waals surface area contributed by atoms with Crippen LogP contribution in [0, 0.1) is 0 Å². The van der Waals surface area contributed by atoms with E-state index in [1.54, 1.807) is 31.6 Å². The third-order valence-corrected chi connectivity index (χ3v) is 2.23. The molecule has 86 valence electrons. The summed E-state index contributed by atoms with van der Waals surface area (Å²) in [5.74, 6) is -0.361. The van der Waals surface area contributed by atoms with E-state index in [0.29, 0.717) is 6.61 Å². The van der Waals surface area contributed by atoms with Gasteiger partial charge in [0.2, 0.25) is 0 Å². The molecule has 17 heavy (non-hydrogen) atoms. The molecule has 2 rings (SSSR count). The van der Waals surface area contributed by atoms with Gasteiger partial charge in [-0.2, -0.15) is 0 Å². The molecule has 0 aliphatic carbocycles. The summed E-state index contributed by atoms with van der Waals surface area (Å²) >= 11 is 0. The smallest absolute Gasteiger partial charge is 0.330 e. The predicted molar refractivity (Wildman–Crippen MR) is 65.2 cm³/mol. The molecule has 0 bridgehead atoms. The number of rotatable bonds is 3. The summed E-state index contributed by atoms with van der Waals surface area (Å²) in [6.45, 7) is 2.14. The molecule has 0 amide bonds. The zero-order valence-corrected chi connectivity index (χ0v) is 9.46. The highest BCUT2D eigenvalue weighted by atomic mass is 16.5. The van der Waals surface area contributed by atoms with Gasteiger partial charge in [-0.1, -0.05) is 0 Å². The average molecular weight is 228 g/mol. The van der Waals surface area contributed by atoms with Crippen LogP contribution in [-0.2, 0) is 9.53 Å². The average Bonchev–Trinajstić information content (AvgIpc) is 2.36. The van der Waals surface area contributed by atoms with Gasteiger partial charge in [0.25, 0.3) is 0 Å². The van der Waals surface area contributed by atoms with Crippen LogP contribution in [0.3, 0.4) is 0 Å². The lowest BCUT2D eigenvalue weighted by Gasteiger charge is -1.99. The Hall–Kier alpha value is -2.23. The van der Waals surface area contributed by atoms with Gasteiger partial charge in [-0.05, 0) is 25.1 Å². The van der Waals surface area contributed by atoms with Gasteiger partial charge in [-0.15, -0.1) is 0 Å². The summed E-state index contributed by atoms with van der Waals surface area (Å²) < 4.78 is 4.81. The van der Waals surface area contributed by atoms with Crippen LogP contribution in [0.25, 0.3) is 17.0 Å². The molecule has 2 aromatic heterocycles. The second kappa shape index (κ2) is 5.21. The molecular formula is C13H12N2O2. The number of hydrogen-bond acceptors (Lipinski definition) is 4. The summed E-state index contributed by atoms with van der Waals surface area (Å²) in [4.78, 5) is 19.6. The molecule has 0 spiro atoms. The monoisotopic (exact) mass is 228 g/mol. The largest absolute Gasteiger partial charge is 0.463 e. The first kappa shape index (κ1) is 11.3. The zero-order valence-electron chi connectivity index (χ0n) is 9.46. The first-order chi connectivity index (χ1) is 8.31. The number of fused-ring (bicyclic) bond motifs is 1. The van der Waals surface area contributed by atoms with Crippen molar-refractivity contribution in [3.05, 3.63) is 42.4 Å². The lowest BCUT2D eigenvalue weighted by Crippen LogP contribution is -1.98. The Bertz CT molecular complexity index is 559. The number of ether oxygens (including phenoxy) is 1. The molecule has 0 aliphatic heterocycles. The van der Waals surface area contributed by atoms with E-state index in [9.17, 15) is 4.79 Å². The number of nitrogens with zero attached hydrogens (tertiary/aromatic N) is 2. The second-order valence-electron chi connectivity index (χ2n) is 3.39. The van der Waals surface area contributed by atoms with Crippen LogP contribution in [-0.4, -0.2) is 22.5 Å². The van der Waals surface area contributed by atoms with Crippen LogP contribution in [0.5, 0.6) is 0 Å². The van der Waals surface area contributed by atoms with E-state index in [-0.39, 0.29) is 5.97 Å². The first-order valence-electron chi connectivity index (χ1n) is 5.35. The Morgan fingerprint density at radius 2 is 2.35 bits per heavy atom. The SMILES string of the molecule is CCOC(=O)/C=C/c1cncc2cccnc12. The first-order valence-corrected chi connectivity index (χ1v) is 5.35. The van der Waals surface area contributed by atoms with E-state index in [2.05, 4.69) is 9.97 Å². The molecule has 0 saturated heterocycles. The molecule has 2 heterocycles. The van der Waals surface area contributed by atoms with Gasteiger partial charge in [0.15, 0.2) is 0 Å². The minimum atomic E-state index is -0.361. The predicted octanol–water partition coefficient (Wildman–Crippen LogP) is 2.21. The topological polar surface area (TPSA) is 52.1 Å². The van der Waals surface area contributed by atoms with Gasteiger partial charge in [0.05, 0.1) is 12.1 Å². The minimum absolute atomic E-state index is 0.361. The van der Waals surface area contributed by atoms with Crippen LogP contribution in [0.2, 0.25) is 0 Å². The van der Waals surface area contributed by atoms with E-state index in [1.165, 1.54) is 6.08 Å². The number of pyridine rings is 2. The Morgan fingerprint density at radius 1 is 1.47 bits per heavy atom. The molecule has 0 unspecified atom stereocenters. The van der Waals surface area contributed by atoms with E-state index >= 15 is 0 Å². The van der Waals surface area contributed by atoms with E-state index < -0.39 is 0 Å². The van der Waals surface area contributed by atoms with Crippen molar-refractivity contribution in [1.82, 2.24) is 9.97 Å². The van der Waals surface area contributed by atoms with Crippen LogP contribution in [0.15, 0.2) is 36.8 Å². The molecule has 0 atom stereocenters. The number of hydrogen-bond donors (Lipinski definition) is 0. The van der Waals surface area contributed by atoms with Crippen molar-refractivity contribution in [2.45, 2.75) is 6.92 Å².